The summed E-state index contributed by atoms with van der Waals surface area (Å²) in [6, 6.07) is 0. The molecule has 2 unspecified atom stereocenters. The predicted molar refractivity (Wildman–Crippen MR) is 47.4 cm³/mol. The maximum absolute atomic E-state index is 8.31. The standard InChI is InChI=1S/C10H19N/c1-10(2,3)9-7-4-8(9)6-11-5-7/h7-9,11H,4-6H2,1-3H3/i4D2,5D2,6D2,7D,8D. The monoisotopic (exact) mass is 161 g/mol. The summed E-state index contributed by atoms with van der Waals surface area (Å²) in [5.41, 5.74) is -0.752. The average Bonchev–Trinajstić information content (AvgIpc) is 2.10. The molecule has 1 aliphatic carbocycles. The first-order chi connectivity index (χ1) is 8.07. The van der Waals surface area contributed by atoms with Crippen LogP contribution in [0.15, 0.2) is 0 Å². The second-order valence-corrected chi connectivity index (χ2v) is 4.13. The predicted octanol–water partition coefficient (Wildman–Crippen LogP) is 1.89. The molecule has 3 rings (SSSR count). The molecule has 0 spiro atoms. The van der Waals surface area contributed by atoms with E-state index in [-0.39, 0.29) is 0 Å². The van der Waals surface area contributed by atoms with E-state index in [4.69, 9.17) is 11.0 Å². The van der Waals surface area contributed by atoms with Gasteiger partial charge in [-0.3, -0.25) is 0 Å². The Morgan fingerprint density at radius 1 is 1.36 bits per heavy atom. The summed E-state index contributed by atoms with van der Waals surface area (Å²) in [6.07, 6.45) is -2.57. The maximum Gasteiger partial charge on any atom is 0.0431 e. The van der Waals surface area contributed by atoms with Gasteiger partial charge >= 0.3 is 0 Å². The van der Waals surface area contributed by atoms with Crippen LogP contribution in [0.2, 0.25) is 0 Å². The molecule has 0 aromatic rings. The van der Waals surface area contributed by atoms with Crippen molar-refractivity contribution in [3.63, 3.8) is 0 Å². The fourth-order valence-corrected chi connectivity index (χ4v) is 1.59. The summed E-state index contributed by atoms with van der Waals surface area (Å²) in [6.45, 7) is -0.00755. The van der Waals surface area contributed by atoms with Gasteiger partial charge in [-0.05, 0) is 42.5 Å². The van der Waals surface area contributed by atoms with Crippen molar-refractivity contribution in [2.75, 3.05) is 13.0 Å². The Labute approximate surface area is 80.8 Å². The fraction of sp³-hybridized carbons (Fsp3) is 1.00. The third-order valence-electron chi connectivity index (χ3n) is 2.11. The molecule has 2 atom stereocenters. The summed E-state index contributed by atoms with van der Waals surface area (Å²) < 4.78 is 64.1. The molecule has 2 saturated heterocycles. The van der Waals surface area contributed by atoms with Crippen LogP contribution in [0.1, 0.15) is 38.1 Å². The summed E-state index contributed by atoms with van der Waals surface area (Å²) in [5.74, 6) is -5.44. The lowest BCUT2D eigenvalue weighted by molar-refractivity contribution is -0.0449. The Morgan fingerprint density at radius 2 is 1.91 bits per heavy atom. The van der Waals surface area contributed by atoms with E-state index in [0.717, 1.165) is 0 Å². The van der Waals surface area contributed by atoms with Gasteiger partial charge in [-0.1, -0.05) is 20.8 Å². The number of rotatable bonds is 0. The molecule has 2 bridgehead atoms. The lowest BCUT2D eigenvalue weighted by Crippen LogP contribution is -2.57. The molecule has 1 N–H and O–H groups in total. The van der Waals surface area contributed by atoms with Crippen LogP contribution in [0.4, 0.5) is 0 Å². The summed E-state index contributed by atoms with van der Waals surface area (Å²) in [4.78, 5) is 0. The highest BCUT2D eigenvalue weighted by Gasteiger charge is 2.48. The van der Waals surface area contributed by atoms with Crippen molar-refractivity contribution < 1.29 is 11.0 Å². The minimum atomic E-state index is -2.57. The maximum atomic E-state index is 8.31. The SMILES string of the molecule is [2H]C1([2H])NC([2H])([2H])C2([2H])C(C(C)(C)C)C1([2H])C2([2H])[2H]. The Bertz CT molecular complexity index is 398. The van der Waals surface area contributed by atoms with Gasteiger partial charge in [-0.15, -0.1) is 0 Å². The van der Waals surface area contributed by atoms with Gasteiger partial charge in [0.05, 0.1) is 0 Å². The molecule has 0 aromatic carbocycles. The van der Waals surface area contributed by atoms with E-state index in [1.807, 2.05) is 5.32 Å². The van der Waals surface area contributed by atoms with Gasteiger partial charge in [0.15, 0.2) is 0 Å². The Hall–Kier alpha value is -0.0400. The first-order valence-corrected chi connectivity index (χ1v) is 3.87. The first kappa shape index (κ1) is 2.73. The zero-order chi connectivity index (χ0) is 15.3. The van der Waals surface area contributed by atoms with Crippen LogP contribution in [-0.4, -0.2) is 13.0 Å². The van der Waals surface area contributed by atoms with Crippen molar-refractivity contribution in [3.8, 4) is 0 Å². The first-order valence-electron chi connectivity index (χ1n) is 7.87. The molecule has 1 heteroatoms. The number of nitrogens with one attached hydrogen (secondary N) is 1. The van der Waals surface area contributed by atoms with Gasteiger partial charge in [0.25, 0.3) is 0 Å². The third-order valence-corrected chi connectivity index (χ3v) is 2.11. The van der Waals surface area contributed by atoms with Crippen molar-refractivity contribution >= 4 is 0 Å². The topological polar surface area (TPSA) is 12.0 Å². The minimum Gasteiger partial charge on any atom is -0.316 e. The highest BCUT2D eigenvalue weighted by atomic mass is 14.9. The van der Waals surface area contributed by atoms with Crippen molar-refractivity contribution in [2.24, 2.45) is 23.1 Å². The van der Waals surface area contributed by atoms with Crippen molar-refractivity contribution in [1.29, 1.82) is 0 Å². The summed E-state index contributed by atoms with van der Waals surface area (Å²) in [7, 11) is 0. The Balaban J connectivity index is 2.73. The van der Waals surface area contributed by atoms with Gasteiger partial charge in [-0.2, -0.15) is 0 Å². The molecule has 0 radical (unpaired) electrons. The van der Waals surface area contributed by atoms with Gasteiger partial charge in [0.2, 0.25) is 0 Å². The quantitative estimate of drug-likeness (QED) is 0.572. The molecule has 0 amide bonds. The molecule has 2 heterocycles. The number of fused-ring (bicyclic) bond motifs is 2. The van der Waals surface area contributed by atoms with Gasteiger partial charge in [0, 0.05) is 11.0 Å². The number of hydrogen-bond donors (Lipinski definition) is 1. The third kappa shape index (κ3) is 1.10. The highest BCUT2D eigenvalue weighted by Crippen LogP contribution is 2.51. The van der Waals surface area contributed by atoms with Crippen molar-refractivity contribution in [1.82, 2.24) is 5.32 Å². The van der Waals surface area contributed by atoms with Gasteiger partial charge < -0.3 is 5.32 Å². The molecular weight excluding hydrogens is 134 g/mol. The average molecular weight is 161 g/mol. The molecule has 3 aliphatic rings. The van der Waals surface area contributed by atoms with Crippen molar-refractivity contribution in [2.45, 2.75) is 27.1 Å². The Morgan fingerprint density at radius 3 is 2.36 bits per heavy atom. The van der Waals surface area contributed by atoms with Crippen LogP contribution >= 0.6 is 0 Å². The molecule has 1 nitrogen and oxygen atoms in total. The lowest BCUT2D eigenvalue weighted by Gasteiger charge is -2.55. The molecular formula is C10H19N. The second-order valence-electron chi connectivity index (χ2n) is 4.13. The van der Waals surface area contributed by atoms with Gasteiger partial charge in [-0.25, -0.2) is 0 Å². The van der Waals surface area contributed by atoms with Crippen LogP contribution in [0, 0.1) is 23.1 Å². The summed E-state index contributed by atoms with van der Waals surface area (Å²) >= 11 is 0. The second kappa shape index (κ2) is 2.22. The zero-order valence-corrected chi connectivity index (χ0v) is 7.08. The van der Waals surface area contributed by atoms with E-state index in [2.05, 4.69) is 0 Å². The van der Waals surface area contributed by atoms with Gasteiger partial charge in [0.1, 0.15) is 0 Å². The fourth-order valence-electron chi connectivity index (χ4n) is 1.59. The molecule has 64 valence electrons. The molecule has 1 saturated carbocycles. The van der Waals surface area contributed by atoms with Crippen LogP contribution in [0.5, 0.6) is 0 Å². The van der Waals surface area contributed by atoms with Crippen molar-refractivity contribution in [3.05, 3.63) is 0 Å². The van der Waals surface area contributed by atoms with E-state index >= 15 is 0 Å². The molecule has 0 aromatic heterocycles. The molecule has 3 fully saturated rings. The smallest absolute Gasteiger partial charge is 0.0431 e. The van der Waals surface area contributed by atoms with E-state index in [9.17, 15) is 0 Å². The largest absolute Gasteiger partial charge is 0.316 e. The molecule has 2 aliphatic heterocycles. The van der Waals surface area contributed by atoms with Crippen LogP contribution < -0.4 is 5.32 Å². The minimum absolute atomic E-state index is 0.752. The van der Waals surface area contributed by atoms with Crippen LogP contribution in [-0.2, 0) is 0 Å². The van der Waals surface area contributed by atoms with E-state index in [0.29, 0.717) is 0 Å². The van der Waals surface area contributed by atoms with E-state index in [1.165, 1.54) is 0 Å². The number of piperidine rings is 2. The molecule has 11 heavy (non-hydrogen) atoms. The van der Waals surface area contributed by atoms with E-state index < -0.39 is 42.5 Å². The lowest BCUT2D eigenvalue weighted by atomic mass is 9.53. The van der Waals surface area contributed by atoms with Crippen LogP contribution in [0.3, 0.4) is 0 Å². The normalized spacial score (nSPS) is 81.2. The van der Waals surface area contributed by atoms with E-state index in [1.54, 1.807) is 20.8 Å². The van der Waals surface area contributed by atoms with Crippen LogP contribution in [0.25, 0.3) is 0 Å². The zero-order valence-electron chi connectivity index (χ0n) is 15.1. The number of hydrogen-bond acceptors (Lipinski definition) is 1. The highest BCUT2D eigenvalue weighted by molar-refractivity contribution is 5.00. The Kier molecular flexibility index (Phi) is 0.552. The summed E-state index contributed by atoms with van der Waals surface area (Å²) in [5, 5.41) is 2.02.